The Morgan fingerprint density at radius 3 is 2.57 bits per heavy atom. The molecule has 0 spiro atoms. The molecule has 1 aromatic carbocycles. The number of hydrogen-bond acceptors (Lipinski definition) is 3. The Bertz CT molecular complexity index is 901. The first-order valence-electron chi connectivity index (χ1n) is 11.3. The van der Waals surface area contributed by atoms with E-state index in [4.69, 9.17) is 9.47 Å². The summed E-state index contributed by atoms with van der Waals surface area (Å²) < 4.78 is 11.9. The second kappa shape index (κ2) is 10.8. The molecule has 0 fully saturated rings. The van der Waals surface area contributed by atoms with E-state index < -0.39 is 0 Å². The van der Waals surface area contributed by atoms with Crippen molar-refractivity contribution in [3.05, 3.63) is 78.1 Å². The van der Waals surface area contributed by atoms with Crippen molar-refractivity contribution in [1.29, 1.82) is 0 Å². The summed E-state index contributed by atoms with van der Waals surface area (Å²) in [6, 6.07) is 6.25. The highest BCUT2D eigenvalue weighted by molar-refractivity contribution is 6.03. The summed E-state index contributed by atoms with van der Waals surface area (Å²) in [4.78, 5) is 4.52. The van der Waals surface area contributed by atoms with E-state index in [9.17, 15) is 0 Å². The van der Waals surface area contributed by atoms with Gasteiger partial charge in [-0.15, -0.1) is 0 Å². The molecule has 3 nitrogen and oxygen atoms in total. The molecule has 4 aliphatic rings. The van der Waals surface area contributed by atoms with Gasteiger partial charge in [0.1, 0.15) is 18.5 Å². The van der Waals surface area contributed by atoms with Gasteiger partial charge >= 0.3 is 0 Å². The highest BCUT2D eigenvalue weighted by Crippen LogP contribution is 2.36. The van der Waals surface area contributed by atoms with E-state index in [1.807, 2.05) is 12.3 Å². The molecule has 1 aliphatic carbocycles. The van der Waals surface area contributed by atoms with E-state index >= 15 is 0 Å². The molecule has 0 aromatic heterocycles. The van der Waals surface area contributed by atoms with E-state index in [0.717, 1.165) is 24.2 Å². The number of rotatable bonds is 0. The molecule has 1 unspecified atom stereocenters. The fourth-order valence-electron chi connectivity index (χ4n) is 3.99. The highest BCUT2D eigenvalue weighted by Gasteiger charge is 2.28. The van der Waals surface area contributed by atoms with Crippen molar-refractivity contribution in [2.75, 3.05) is 6.61 Å². The molecule has 0 saturated carbocycles. The van der Waals surface area contributed by atoms with Gasteiger partial charge in [-0.2, -0.15) is 0 Å². The normalized spacial score (nSPS) is 22.2. The zero-order valence-electron chi connectivity index (χ0n) is 17.6. The first-order valence-corrected chi connectivity index (χ1v) is 11.3. The van der Waals surface area contributed by atoms with Gasteiger partial charge in [0.25, 0.3) is 0 Å². The van der Waals surface area contributed by atoms with Gasteiger partial charge in [-0.3, -0.25) is 0 Å². The van der Waals surface area contributed by atoms with Crippen LogP contribution in [-0.2, 0) is 4.74 Å². The van der Waals surface area contributed by atoms with Gasteiger partial charge in [0.2, 0.25) is 5.90 Å². The number of fused-ring (bicyclic) bond motifs is 14. The number of aliphatic imine (C=N–C) groups is 1. The predicted molar refractivity (Wildman–Crippen MR) is 126 cm³/mol. The second-order valence-corrected chi connectivity index (χ2v) is 7.96. The molecule has 0 amide bonds. The van der Waals surface area contributed by atoms with Crippen molar-refractivity contribution in [2.45, 2.75) is 57.5 Å². The minimum atomic E-state index is -0.0411. The quantitative estimate of drug-likeness (QED) is 0.467. The van der Waals surface area contributed by atoms with Crippen LogP contribution in [0.2, 0.25) is 0 Å². The zero-order valence-corrected chi connectivity index (χ0v) is 17.6. The molecular weight excluding hydrogens is 370 g/mol. The van der Waals surface area contributed by atoms with Gasteiger partial charge in [0, 0.05) is 17.8 Å². The molecule has 0 saturated heterocycles. The third-order valence-electron chi connectivity index (χ3n) is 5.65. The van der Waals surface area contributed by atoms with Crippen molar-refractivity contribution >= 4 is 17.5 Å². The van der Waals surface area contributed by atoms with Crippen molar-refractivity contribution in [1.82, 2.24) is 0 Å². The van der Waals surface area contributed by atoms with Crippen molar-refractivity contribution < 1.29 is 9.47 Å². The number of nitrogens with zero attached hydrogens (tertiary/aromatic N) is 1. The van der Waals surface area contributed by atoms with Crippen LogP contribution in [0.5, 0.6) is 5.75 Å². The molecule has 30 heavy (non-hydrogen) atoms. The van der Waals surface area contributed by atoms with Crippen LogP contribution in [-0.4, -0.2) is 18.6 Å². The van der Waals surface area contributed by atoms with Crippen LogP contribution >= 0.6 is 0 Å². The summed E-state index contributed by atoms with van der Waals surface area (Å²) in [5, 5.41) is 0. The Labute approximate surface area is 180 Å². The smallest absolute Gasteiger partial charge is 0.214 e. The number of benzene rings is 1. The van der Waals surface area contributed by atoms with Crippen LogP contribution in [0.25, 0.3) is 11.6 Å². The zero-order chi connectivity index (χ0) is 20.4. The minimum Gasteiger partial charge on any atom is -0.490 e. The third-order valence-corrected chi connectivity index (χ3v) is 5.65. The molecule has 1 atom stereocenters. The lowest BCUT2D eigenvalue weighted by Crippen LogP contribution is -2.11. The maximum absolute atomic E-state index is 5.99. The first-order chi connectivity index (χ1) is 14.9. The Hall–Kier alpha value is -2.81. The lowest BCUT2D eigenvalue weighted by atomic mass is 9.91. The Morgan fingerprint density at radius 1 is 0.867 bits per heavy atom. The van der Waals surface area contributed by atoms with Crippen LogP contribution in [0.1, 0.15) is 62.5 Å². The summed E-state index contributed by atoms with van der Waals surface area (Å²) in [5.41, 5.74) is 3.52. The number of allylic oxidation sites excluding steroid dienone is 4. The van der Waals surface area contributed by atoms with E-state index in [1.165, 1.54) is 49.7 Å². The lowest BCUT2D eigenvalue weighted by Gasteiger charge is -2.18. The van der Waals surface area contributed by atoms with Crippen LogP contribution in [0.3, 0.4) is 0 Å². The molecule has 5 rings (SSSR count). The summed E-state index contributed by atoms with van der Waals surface area (Å²) >= 11 is 0. The van der Waals surface area contributed by atoms with Crippen LogP contribution in [0.15, 0.2) is 71.9 Å². The summed E-state index contributed by atoms with van der Waals surface area (Å²) in [7, 11) is 0. The Balaban J connectivity index is 1.47. The molecule has 3 heteroatoms. The minimum absolute atomic E-state index is 0.0411. The molecule has 0 radical (unpaired) electrons. The van der Waals surface area contributed by atoms with Gasteiger partial charge in [0.05, 0.1) is 0 Å². The average Bonchev–Trinajstić information content (AvgIpc) is 3.18. The SMILES string of the molecule is C1=CCCCCCCCCC=CN=C2C=C3c4ccc(cc4C=CC3O2)OCC=C1. The highest BCUT2D eigenvalue weighted by atomic mass is 16.5. The maximum Gasteiger partial charge on any atom is 0.214 e. The van der Waals surface area contributed by atoms with E-state index in [-0.39, 0.29) is 6.10 Å². The summed E-state index contributed by atoms with van der Waals surface area (Å²) in [6.07, 6.45) is 28.8. The van der Waals surface area contributed by atoms with Crippen LogP contribution in [0, 0.1) is 0 Å². The van der Waals surface area contributed by atoms with Crippen LogP contribution < -0.4 is 4.74 Å². The molecular formula is C27H31NO2. The van der Waals surface area contributed by atoms with Gasteiger partial charge in [-0.05, 0) is 61.1 Å². The van der Waals surface area contributed by atoms with E-state index in [1.54, 1.807) is 0 Å². The molecule has 5 bridgehead atoms. The largest absolute Gasteiger partial charge is 0.490 e. The van der Waals surface area contributed by atoms with Crippen molar-refractivity contribution in [3.8, 4) is 5.75 Å². The van der Waals surface area contributed by atoms with E-state index in [0.29, 0.717) is 12.5 Å². The summed E-state index contributed by atoms with van der Waals surface area (Å²) in [6.45, 7) is 0.574. The maximum atomic E-state index is 5.99. The Kier molecular flexibility index (Phi) is 7.38. The molecule has 156 valence electrons. The lowest BCUT2D eigenvalue weighted by molar-refractivity contribution is 0.305. The van der Waals surface area contributed by atoms with Crippen molar-refractivity contribution in [2.24, 2.45) is 4.99 Å². The van der Waals surface area contributed by atoms with E-state index in [2.05, 4.69) is 65.7 Å². The molecule has 3 heterocycles. The third kappa shape index (κ3) is 5.63. The van der Waals surface area contributed by atoms with Gasteiger partial charge in [0.15, 0.2) is 0 Å². The Morgan fingerprint density at radius 2 is 1.67 bits per heavy atom. The fraction of sp³-hybridized carbons (Fsp3) is 0.370. The number of ether oxygens (including phenoxy) is 2. The fourth-order valence-corrected chi connectivity index (χ4v) is 3.99. The molecule has 3 aliphatic heterocycles. The van der Waals surface area contributed by atoms with Gasteiger partial charge in [-0.1, -0.05) is 62.1 Å². The first kappa shape index (κ1) is 20.5. The molecule has 1 aromatic rings. The van der Waals surface area contributed by atoms with Gasteiger partial charge in [-0.25, -0.2) is 4.99 Å². The predicted octanol–water partition coefficient (Wildman–Crippen LogP) is 7.03. The average molecular weight is 402 g/mol. The van der Waals surface area contributed by atoms with Gasteiger partial charge < -0.3 is 9.47 Å². The molecule has 0 N–H and O–H groups in total. The van der Waals surface area contributed by atoms with Crippen molar-refractivity contribution in [3.63, 3.8) is 0 Å². The second-order valence-electron chi connectivity index (χ2n) is 7.96. The monoisotopic (exact) mass is 401 g/mol. The summed E-state index contributed by atoms with van der Waals surface area (Å²) in [5.74, 6) is 1.58. The standard InChI is InChI=1S/C27H31NO2/c1-2-4-6-8-10-12-18-28-27-21-25-24-16-15-23(20-22(24)14-17-26(25)30-27)29-19-13-11-9-7-5-3-1/h7,9,11-18,20-21,26H,1-6,8,10,19H2. The topological polar surface area (TPSA) is 30.8 Å². The number of hydrogen-bond donors (Lipinski definition) is 0. The van der Waals surface area contributed by atoms with Crippen LogP contribution in [0.4, 0.5) is 0 Å².